The molecule has 0 spiro atoms. The molecule has 0 bridgehead atoms. The van der Waals surface area contributed by atoms with Gasteiger partial charge in [-0.2, -0.15) is 0 Å². The van der Waals surface area contributed by atoms with E-state index in [-0.39, 0.29) is 15.7 Å². The van der Waals surface area contributed by atoms with Crippen molar-refractivity contribution in [2.45, 2.75) is 0 Å². The summed E-state index contributed by atoms with van der Waals surface area (Å²) in [7, 11) is 0. The summed E-state index contributed by atoms with van der Waals surface area (Å²) >= 11 is 0. The molecule has 0 atom stereocenters. The first-order valence-electron chi connectivity index (χ1n) is 3.44. The van der Waals surface area contributed by atoms with E-state index in [1.165, 1.54) is 6.07 Å². The second-order valence-corrected chi connectivity index (χ2v) is 2.41. The maximum absolute atomic E-state index is 10.8. The molecule has 0 aliphatic rings. The molecule has 1 heterocycles. The topological polar surface area (TPSA) is 32.9 Å². The molecule has 2 rings (SSSR count). The minimum absolute atomic E-state index is 0. The summed E-state index contributed by atoms with van der Waals surface area (Å²) in [5.41, 5.74) is 0.837. The van der Waals surface area contributed by atoms with Gasteiger partial charge in [0.2, 0.25) is 5.56 Å². The smallest absolute Gasteiger partial charge is 0.248 e. The van der Waals surface area contributed by atoms with Crippen LogP contribution in [0.5, 0.6) is 0 Å². The largest absolute Gasteiger partial charge is 0.322 e. The number of benzene rings is 1. The van der Waals surface area contributed by atoms with Crippen LogP contribution in [0, 0.1) is 0 Å². The maximum atomic E-state index is 10.8. The molecule has 0 fully saturated rings. The quantitative estimate of drug-likeness (QED) is 0.567. The van der Waals surface area contributed by atoms with E-state index >= 15 is 0 Å². The normalized spacial score (nSPS) is 9.33. The van der Waals surface area contributed by atoms with Crippen LogP contribution in [-0.4, -0.2) is 15.1 Å². The molecule has 0 saturated carbocycles. The first kappa shape index (κ1) is 8.69. The summed E-state index contributed by atoms with van der Waals surface area (Å²) in [6, 6.07) is 11.0. The Balaban J connectivity index is 0.000000720. The summed E-state index contributed by atoms with van der Waals surface area (Å²) in [5.74, 6) is 0. The summed E-state index contributed by atoms with van der Waals surface area (Å²) in [4.78, 5) is 13.6. The van der Waals surface area contributed by atoms with E-state index in [0.717, 1.165) is 10.9 Å². The van der Waals surface area contributed by atoms with Crippen LogP contribution in [0.15, 0.2) is 41.2 Å². The van der Waals surface area contributed by atoms with Gasteiger partial charge in [0, 0.05) is 21.7 Å². The number of hydrogen-bond acceptors (Lipinski definition) is 1. The monoisotopic (exact) mass is 154 g/mol. The first-order chi connectivity index (χ1) is 5.36. The molecule has 0 saturated heterocycles. The number of aromatic nitrogens is 1. The number of aromatic amines is 1. The molecule has 1 N–H and O–H groups in total. The Labute approximate surface area is 73.5 Å². The Morgan fingerprint density at radius 1 is 1.00 bits per heavy atom. The van der Waals surface area contributed by atoms with E-state index in [4.69, 9.17) is 0 Å². The summed E-state index contributed by atoms with van der Waals surface area (Å²) < 4.78 is 0. The predicted octanol–water partition coefficient (Wildman–Crippen LogP) is 1.15. The Morgan fingerprint density at radius 3 is 2.58 bits per heavy atom. The van der Waals surface area contributed by atoms with Crippen LogP contribution in [0.2, 0.25) is 0 Å². The van der Waals surface area contributed by atoms with Gasteiger partial charge in [-0.15, -0.1) is 0 Å². The number of nitrogens with one attached hydrogen (secondary N) is 1. The van der Waals surface area contributed by atoms with Gasteiger partial charge in [-0.1, -0.05) is 18.2 Å². The van der Waals surface area contributed by atoms with Gasteiger partial charge in [0.05, 0.1) is 0 Å². The Bertz CT molecular complexity index is 435. The number of H-pyrrole nitrogens is 1. The van der Waals surface area contributed by atoms with E-state index in [0.29, 0.717) is 0 Å². The van der Waals surface area contributed by atoms with Crippen molar-refractivity contribution in [1.82, 2.24) is 4.98 Å². The fraction of sp³-hybridized carbons (Fsp3) is 0. The van der Waals surface area contributed by atoms with Gasteiger partial charge >= 0.3 is 0 Å². The summed E-state index contributed by atoms with van der Waals surface area (Å²) in [5, 5.41) is 1.06. The number of rotatable bonds is 0. The summed E-state index contributed by atoms with van der Waals surface area (Å²) in [6.45, 7) is 0. The molecular weight excluding hydrogens is 147 g/mol. The van der Waals surface area contributed by atoms with E-state index in [1.807, 2.05) is 30.3 Å². The van der Waals surface area contributed by atoms with E-state index in [2.05, 4.69) is 4.98 Å². The summed E-state index contributed by atoms with van der Waals surface area (Å²) in [6.07, 6.45) is 0. The number of para-hydroxylation sites is 1. The van der Waals surface area contributed by atoms with Crippen LogP contribution in [0.4, 0.5) is 0 Å². The molecule has 12 heavy (non-hydrogen) atoms. The molecule has 0 aliphatic carbocycles. The van der Waals surface area contributed by atoms with Crippen LogP contribution in [-0.2, 0) is 0 Å². The van der Waals surface area contributed by atoms with Crippen molar-refractivity contribution < 1.29 is 0 Å². The van der Waals surface area contributed by atoms with Crippen molar-refractivity contribution in [3.8, 4) is 0 Å². The number of hydrogen-bond donors (Lipinski definition) is 1. The molecule has 0 aliphatic heterocycles. The molecule has 0 unspecified atom stereocenters. The van der Waals surface area contributed by atoms with E-state index in [1.54, 1.807) is 0 Å². The Kier molecular flexibility index (Phi) is 2.41. The standard InChI is InChI=1S/C9H7NO.Be/c11-9-6-5-7-3-1-2-4-8(7)10-9;/h1-6H,(H,10,11);. The first-order valence-corrected chi connectivity index (χ1v) is 3.44. The minimum atomic E-state index is -0.0521. The van der Waals surface area contributed by atoms with Crippen molar-refractivity contribution >= 4 is 21.0 Å². The van der Waals surface area contributed by atoms with Crippen LogP contribution in [0.1, 0.15) is 0 Å². The molecule has 1 aromatic carbocycles. The third kappa shape index (κ3) is 1.44. The van der Waals surface area contributed by atoms with Gasteiger partial charge in [0.1, 0.15) is 0 Å². The van der Waals surface area contributed by atoms with Crippen LogP contribution in [0.25, 0.3) is 10.9 Å². The SMILES string of the molecule is O=c1ccc2ccccc2[nH]1.[Be]. The van der Waals surface area contributed by atoms with E-state index < -0.39 is 0 Å². The van der Waals surface area contributed by atoms with Gasteiger partial charge in [0.25, 0.3) is 0 Å². The third-order valence-electron chi connectivity index (χ3n) is 1.63. The number of fused-ring (bicyclic) bond motifs is 1. The molecular formula is C9H7BeNO. The molecule has 1 aromatic heterocycles. The second kappa shape index (κ2) is 3.33. The predicted molar refractivity (Wildman–Crippen MR) is 50.3 cm³/mol. The van der Waals surface area contributed by atoms with Gasteiger partial charge in [0.15, 0.2) is 0 Å². The fourth-order valence-electron chi connectivity index (χ4n) is 1.10. The zero-order valence-electron chi connectivity index (χ0n) is 6.58. The van der Waals surface area contributed by atoms with Crippen molar-refractivity contribution in [1.29, 1.82) is 0 Å². The third-order valence-corrected chi connectivity index (χ3v) is 1.63. The van der Waals surface area contributed by atoms with Crippen molar-refractivity contribution in [3.63, 3.8) is 0 Å². The fourth-order valence-corrected chi connectivity index (χ4v) is 1.10. The zero-order chi connectivity index (χ0) is 7.68. The zero-order valence-corrected chi connectivity index (χ0v) is 6.58. The molecule has 56 valence electrons. The van der Waals surface area contributed by atoms with Gasteiger partial charge in [-0.05, 0) is 17.5 Å². The molecule has 2 aromatic rings. The van der Waals surface area contributed by atoms with Crippen molar-refractivity contribution in [2.75, 3.05) is 0 Å². The van der Waals surface area contributed by atoms with Crippen LogP contribution >= 0.6 is 0 Å². The van der Waals surface area contributed by atoms with Crippen LogP contribution in [0.3, 0.4) is 0 Å². The molecule has 0 amide bonds. The molecule has 2 radical (unpaired) electrons. The van der Waals surface area contributed by atoms with Crippen molar-refractivity contribution in [3.05, 3.63) is 46.8 Å². The van der Waals surface area contributed by atoms with Crippen molar-refractivity contribution in [2.24, 2.45) is 0 Å². The van der Waals surface area contributed by atoms with E-state index in [9.17, 15) is 4.79 Å². The van der Waals surface area contributed by atoms with Gasteiger partial charge in [-0.25, -0.2) is 0 Å². The Morgan fingerprint density at radius 2 is 1.75 bits per heavy atom. The number of pyridine rings is 1. The average molecular weight is 154 g/mol. The minimum Gasteiger partial charge on any atom is -0.322 e. The van der Waals surface area contributed by atoms with Gasteiger partial charge in [-0.3, -0.25) is 4.79 Å². The van der Waals surface area contributed by atoms with Gasteiger partial charge < -0.3 is 4.98 Å². The molecule has 3 heteroatoms. The maximum Gasteiger partial charge on any atom is 0.248 e. The van der Waals surface area contributed by atoms with Crippen LogP contribution < -0.4 is 5.56 Å². The average Bonchev–Trinajstić information content (AvgIpc) is 2.04. The molecule has 2 nitrogen and oxygen atoms in total. The Hall–Kier alpha value is -1.40. The second-order valence-electron chi connectivity index (χ2n) is 2.41.